The molecule has 1 atom stereocenters. The lowest BCUT2D eigenvalue weighted by Gasteiger charge is -2.34. The van der Waals surface area contributed by atoms with Crippen molar-refractivity contribution >= 4 is 40.1 Å². The van der Waals surface area contributed by atoms with Gasteiger partial charge in [0.05, 0.1) is 25.3 Å². The van der Waals surface area contributed by atoms with Crippen LogP contribution in [-0.2, 0) is 13.0 Å². The lowest BCUT2D eigenvalue weighted by Crippen LogP contribution is -2.46. The van der Waals surface area contributed by atoms with Crippen LogP contribution in [0.25, 0.3) is 10.9 Å². The quantitative estimate of drug-likeness (QED) is 0.574. The zero-order valence-electron chi connectivity index (χ0n) is 15.8. The number of hydrogen-bond acceptors (Lipinski definition) is 3. The van der Waals surface area contributed by atoms with Gasteiger partial charge in [0.1, 0.15) is 5.75 Å². The molecule has 0 radical (unpaired) electrons. The van der Waals surface area contributed by atoms with Gasteiger partial charge in [-0.2, -0.15) is 0 Å². The molecule has 0 bridgehead atoms. The third kappa shape index (κ3) is 3.75. The molecule has 0 aliphatic carbocycles. The van der Waals surface area contributed by atoms with E-state index in [0.717, 1.165) is 27.7 Å². The highest BCUT2D eigenvalue weighted by Crippen LogP contribution is 2.39. The van der Waals surface area contributed by atoms with Crippen molar-refractivity contribution in [1.29, 1.82) is 0 Å². The molecular weight excluding hydrogens is 413 g/mol. The molecule has 4 rings (SSSR count). The lowest BCUT2D eigenvalue weighted by atomic mass is 9.98. The Labute approximate surface area is 178 Å². The predicted molar refractivity (Wildman–Crippen MR) is 114 cm³/mol. The Morgan fingerprint density at radius 1 is 1.31 bits per heavy atom. The monoisotopic (exact) mass is 433 g/mol. The number of urea groups is 1. The van der Waals surface area contributed by atoms with Gasteiger partial charge in [0.2, 0.25) is 0 Å². The van der Waals surface area contributed by atoms with Gasteiger partial charge in [0.25, 0.3) is 0 Å². The van der Waals surface area contributed by atoms with Gasteiger partial charge in [0.15, 0.2) is 0 Å². The van der Waals surface area contributed by atoms with Gasteiger partial charge in [-0.3, -0.25) is 0 Å². The summed E-state index contributed by atoms with van der Waals surface area (Å²) in [4.78, 5) is 17.8. The summed E-state index contributed by atoms with van der Waals surface area (Å²) in [5, 5.41) is 15.1. The largest absolute Gasteiger partial charge is 0.495 e. The van der Waals surface area contributed by atoms with E-state index in [1.165, 1.54) is 0 Å². The number of nitrogens with zero attached hydrogens (tertiary/aromatic N) is 1. The number of rotatable bonds is 4. The minimum Gasteiger partial charge on any atom is -0.495 e. The molecule has 1 aromatic heterocycles. The average Bonchev–Trinajstić information content (AvgIpc) is 3.09. The number of aliphatic hydroxyl groups is 1. The highest BCUT2D eigenvalue weighted by Gasteiger charge is 2.33. The molecule has 1 aliphatic heterocycles. The molecule has 2 heterocycles. The maximum atomic E-state index is 12.8. The Bertz CT molecular complexity index is 1070. The molecule has 0 spiro atoms. The summed E-state index contributed by atoms with van der Waals surface area (Å²) in [6, 6.07) is 10.3. The fourth-order valence-electron chi connectivity index (χ4n) is 3.92. The second-order valence-corrected chi connectivity index (χ2v) is 7.85. The van der Waals surface area contributed by atoms with Crippen LogP contribution < -0.4 is 10.1 Å². The number of nitrogens with one attached hydrogen (secondary N) is 2. The topological polar surface area (TPSA) is 77.6 Å². The van der Waals surface area contributed by atoms with Crippen molar-refractivity contribution in [3.8, 4) is 5.75 Å². The average molecular weight is 434 g/mol. The predicted octanol–water partition coefficient (Wildman–Crippen LogP) is 4.28. The number of carbonyl (C=O) groups excluding carboxylic acids is 1. The number of methoxy groups -OCH3 is 1. The standard InChI is InChI=1S/C21H21Cl2N3O3/c1-29-18-9-14(23)8-16-15-5-6-26(17(11-27)19(15)25-20(16)18)21(28)24-10-12-3-2-4-13(22)7-12/h2-4,7-9,17,25,27H,5-6,10-11H2,1H3,(H,24,28). The minimum atomic E-state index is -0.478. The van der Waals surface area contributed by atoms with Crippen molar-refractivity contribution in [3.05, 3.63) is 63.3 Å². The molecule has 3 aromatic rings. The first kappa shape index (κ1) is 19.9. The SMILES string of the molecule is COc1cc(Cl)cc2c3c([nH]c12)C(CO)N(C(=O)NCc1cccc(Cl)c1)CC3. The molecule has 2 amide bonds. The van der Waals surface area contributed by atoms with Crippen LogP contribution in [0, 0.1) is 0 Å². The van der Waals surface area contributed by atoms with Crippen molar-refractivity contribution in [2.75, 3.05) is 20.3 Å². The Morgan fingerprint density at radius 2 is 2.14 bits per heavy atom. The van der Waals surface area contributed by atoms with Crippen molar-refractivity contribution in [2.24, 2.45) is 0 Å². The van der Waals surface area contributed by atoms with Crippen LogP contribution >= 0.6 is 23.2 Å². The second kappa shape index (κ2) is 8.14. The van der Waals surface area contributed by atoms with Gasteiger partial charge in [-0.1, -0.05) is 35.3 Å². The van der Waals surface area contributed by atoms with Crippen LogP contribution in [0.3, 0.4) is 0 Å². The van der Waals surface area contributed by atoms with Crippen molar-refractivity contribution in [3.63, 3.8) is 0 Å². The first-order valence-electron chi connectivity index (χ1n) is 9.29. The molecule has 29 heavy (non-hydrogen) atoms. The maximum Gasteiger partial charge on any atom is 0.318 e. The van der Waals surface area contributed by atoms with E-state index in [9.17, 15) is 9.90 Å². The normalized spacial score (nSPS) is 16.0. The van der Waals surface area contributed by atoms with Gasteiger partial charge in [-0.05, 0) is 35.7 Å². The highest BCUT2D eigenvalue weighted by atomic mass is 35.5. The van der Waals surface area contributed by atoms with Gasteiger partial charge in [0, 0.05) is 40.3 Å². The molecule has 1 aliphatic rings. The second-order valence-electron chi connectivity index (χ2n) is 6.98. The number of H-pyrrole nitrogens is 1. The zero-order valence-corrected chi connectivity index (χ0v) is 17.3. The summed E-state index contributed by atoms with van der Waals surface area (Å²) in [7, 11) is 1.59. The Hall–Kier alpha value is -2.41. The smallest absolute Gasteiger partial charge is 0.318 e. The molecule has 2 aromatic carbocycles. The number of halogens is 2. The van der Waals surface area contributed by atoms with Crippen LogP contribution in [0.5, 0.6) is 5.75 Å². The van der Waals surface area contributed by atoms with Crippen molar-refractivity contribution in [2.45, 2.75) is 19.0 Å². The Morgan fingerprint density at radius 3 is 2.86 bits per heavy atom. The fraction of sp³-hybridized carbons (Fsp3) is 0.286. The first-order valence-corrected chi connectivity index (χ1v) is 10.0. The zero-order chi connectivity index (χ0) is 20.5. The summed E-state index contributed by atoms with van der Waals surface area (Å²) in [5.41, 5.74) is 3.60. The van der Waals surface area contributed by atoms with E-state index in [2.05, 4.69) is 10.3 Å². The number of carbonyl (C=O) groups is 1. The maximum absolute atomic E-state index is 12.8. The van der Waals surface area contributed by atoms with Crippen LogP contribution in [0.15, 0.2) is 36.4 Å². The summed E-state index contributed by atoms with van der Waals surface area (Å²) in [6.45, 7) is 0.652. The van der Waals surface area contributed by atoms with E-state index in [1.807, 2.05) is 24.3 Å². The van der Waals surface area contributed by atoms with E-state index >= 15 is 0 Å². The molecule has 1 unspecified atom stereocenters. The Balaban J connectivity index is 1.60. The van der Waals surface area contributed by atoms with E-state index < -0.39 is 6.04 Å². The number of amides is 2. The minimum absolute atomic E-state index is 0.194. The number of aromatic amines is 1. The molecule has 0 fully saturated rings. The van der Waals surface area contributed by atoms with Gasteiger partial charge >= 0.3 is 6.03 Å². The van der Waals surface area contributed by atoms with E-state index in [0.29, 0.717) is 35.3 Å². The molecule has 3 N–H and O–H groups in total. The number of fused-ring (bicyclic) bond motifs is 3. The third-order valence-electron chi connectivity index (χ3n) is 5.28. The van der Waals surface area contributed by atoms with Crippen LogP contribution in [0.4, 0.5) is 4.79 Å². The van der Waals surface area contributed by atoms with E-state index in [1.54, 1.807) is 24.1 Å². The Kier molecular flexibility index (Phi) is 5.58. The van der Waals surface area contributed by atoms with Crippen molar-refractivity contribution < 1.29 is 14.6 Å². The lowest BCUT2D eigenvalue weighted by molar-refractivity contribution is 0.125. The molecule has 0 saturated carbocycles. The van der Waals surface area contributed by atoms with E-state index in [-0.39, 0.29) is 12.6 Å². The van der Waals surface area contributed by atoms with Gasteiger partial charge in [-0.15, -0.1) is 0 Å². The molecule has 6 nitrogen and oxygen atoms in total. The molecule has 8 heteroatoms. The third-order valence-corrected chi connectivity index (χ3v) is 5.73. The number of ether oxygens (including phenoxy) is 1. The molecule has 152 valence electrons. The van der Waals surface area contributed by atoms with Gasteiger partial charge in [-0.25, -0.2) is 4.79 Å². The summed E-state index contributed by atoms with van der Waals surface area (Å²) >= 11 is 12.2. The van der Waals surface area contributed by atoms with Crippen molar-refractivity contribution in [1.82, 2.24) is 15.2 Å². The summed E-state index contributed by atoms with van der Waals surface area (Å²) in [6.07, 6.45) is 0.653. The number of benzene rings is 2. The number of aliphatic hydroxyl groups excluding tert-OH is 1. The highest BCUT2D eigenvalue weighted by molar-refractivity contribution is 6.31. The van der Waals surface area contributed by atoms with Crippen LogP contribution in [-0.4, -0.2) is 41.3 Å². The van der Waals surface area contributed by atoms with Gasteiger partial charge < -0.3 is 25.0 Å². The first-order chi connectivity index (χ1) is 14.0. The number of aromatic nitrogens is 1. The summed E-state index contributed by atoms with van der Waals surface area (Å²) in [5.74, 6) is 0.635. The van der Waals surface area contributed by atoms with Crippen LogP contribution in [0.2, 0.25) is 10.0 Å². The summed E-state index contributed by atoms with van der Waals surface area (Å²) < 4.78 is 5.44. The number of hydrogen-bond donors (Lipinski definition) is 3. The molecular formula is C21H21Cl2N3O3. The fourth-order valence-corrected chi connectivity index (χ4v) is 4.34. The van der Waals surface area contributed by atoms with Crippen LogP contribution in [0.1, 0.15) is 22.9 Å². The molecule has 0 saturated heterocycles. The van der Waals surface area contributed by atoms with E-state index in [4.69, 9.17) is 27.9 Å².